The second kappa shape index (κ2) is 5.59. The summed E-state index contributed by atoms with van der Waals surface area (Å²) in [6.07, 6.45) is 1.30. The first-order chi connectivity index (χ1) is 10.2. The molecule has 7 heteroatoms. The summed E-state index contributed by atoms with van der Waals surface area (Å²) >= 11 is 0. The molecule has 22 heavy (non-hydrogen) atoms. The van der Waals surface area contributed by atoms with Crippen molar-refractivity contribution in [3.8, 4) is 0 Å². The highest BCUT2D eigenvalue weighted by molar-refractivity contribution is 5.86. The maximum absolute atomic E-state index is 12.3. The molecule has 0 fully saturated rings. The molecule has 7 nitrogen and oxygen atoms in total. The summed E-state index contributed by atoms with van der Waals surface area (Å²) in [5.74, 6) is -1.60. The van der Waals surface area contributed by atoms with Crippen LogP contribution in [-0.4, -0.2) is 44.0 Å². The molecule has 0 spiro atoms. The molecule has 1 aromatic heterocycles. The number of nitrogens with zero attached hydrogens (tertiary/aromatic N) is 3. The second-order valence-electron chi connectivity index (χ2n) is 5.51. The number of aliphatic carboxylic acids is 1. The number of likely N-dealkylation sites (N-methyl/N-ethyl adjacent to an activating group) is 1. The number of aromatic nitrogens is 2. The fourth-order valence-corrected chi connectivity index (χ4v) is 1.93. The van der Waals surface area contributed by atoms with Crippen LogP contribution in [-0.2, 0) is 16.1 Å². The van der Waals surface area contributed by atoms with Gasteiger partial charge in [-0.3, -0.25) is 14.2 Å². The average Bonchev–Trinajstić information content (AvgIpc) is 2.49. The third-order valence-corrected chi connectivity index (χ3v) is 3.77. The van der Waals surface area contributed by atoms with E-state index in [1.807, 2.05) is 0 Å². The van der Waals surface area contributed by atoms with Crippen molar-refractivity contribution in [3.05, 3.63) is 40.9 Å². The summed E-state index contributed by atoms with van der Waals surface area (Å²) in [5.41, 5.74) is -1.14. The van der Waals surface area contributed by atoms with Crippen molar-refractivity contribution in [1.29, 1.82) is 0 Å². The van der Waals surface area contributed by atoms with Gasteiger partial charge in [0.2, 0.25) is 5.91 Å². The van der Waals surface area contributed by atoms with Gasteiger partial charge >= 0.3 is 5.97 Å². The number of hydrogen-bond donors (Lipinski definition) is 1. The molecular formula is C15H17N3O4. The van der Waals surface area contributed by atoms with Gasteiger partial charge < -0.3 is 10.0 Å². The number of carbonyl (C=O) groups is 2. The Hall–Kier alpha value is -2.70. The van der Waals surface area contributed by atoms with Gasteiger partial charge in [-0.2, -0.15) is 0 Å². The molecule has 1 heterocycles. The monoisotopic (exact) mass is 303 g/mol. The molecule has 0 radical (unpaired) electrons. The van der Waals surface area contributed by atoms with Crippen LogP contribution >= 0.6 is 0 Å². The molecule has 0 aliphatic heterocycles. The molecule has 0 saturated carbocycles. The van der Waals surface area contributed by atoms with Crippen molar-refractivity contribution >= 4 is 22.8 Å². The molecule has 2 rings (SSSR count). The number of amides is 1. The molecule has 0 saturated heterocycles. The van der Waals surface area contributed by atoms with E-state index in [-0.39, 0.29) is 12.1 Å². The van der Waals surface area contributed by atoms with Crippen LogP contribution in [0.3, 0.4) is 0 Å². The van der Waals surface area contributed by atoms with Gasteiger partial charge in [0, 0.05) is 7.05 Å². The highest BCUT2D eigenvalue weighted by Crippen LogP contribution is 2.13. The van der Waals surface area contributed by atoms with Gasteiger partial charge in [-0.25, -0.2) is 9.78 Å². The van der Waals surface area contributed by atoms with Gasteiger partial charge in [0.15, 0.2) is 0 Å². The number of carboxylic acids is 1. The molecule has 1 aromatic carbocycles. The van der Waals surface area contributed by atoms with E-state index in [4.69, 9.17) is 5.11 Å². The lowest BCUT2D eigenvalue weighted by molar-refractivity contribution is -0.155. The summed E-state index contributed by atoms with van der Waals surface area (Å²) in [4.78, 5) is 41.0. The minimum Gasteiger partial charge on any atom is -0.480 e. The maximum Gasteiger partial charge on any atom is 0.329 e. The number of hydrogen-bond acceptors (Lipinski definition) is 4. The normalized spacial score (nSPS) is 11.4. The number of para-hydroxylation sites is 1. The predicted octanol–water partition coefficient (Wildman–Crippen LogP) is 0.718. The minimum atomic E-state index is -1.36. The Labute approximate surface area is 126 Å². The topological polar surface area (TPSA) is 92.5 Å². The highest BCUT2D eigenvalue weighted by Gasteiger charge is 2.35. The molecule has 0 aliphatic carbocycles. The van der Waals surface area contributed by atoms with E-state index in [0.717, 1.165) is 4.90 Å². The van der Waals surface area contributed by atoms with Crippen LogP contribution in [0.15, 0.2) is 35.4 Å². The Morgan fingerprint density at radius 3 is 2.59 bits per heavy atom. The SMILES string of the molecule is CN(C(=O)Cn1cnc2ccccc2c1=O)C(C)(C)C(=O)O. The third kappa shape index (κ3) is 2.69. The molecule has 0 bridgehead atoms. The smallest absolute Gasteiger partial charge is 0.329 e. The van der Waals surface area contributed by atoms with Crippen molar-refractivity contribution in [1.82, 2.24) is 14.5 Å². The molecule has 0 unspecified atom stereocenters. The molecule has 1 N–H and O–H groups in total. The molecule has 2 aromatic rings. The Bertz CT molecular complexity index is 795. The quantitative estimate of drug-likeness (QED) is 0.898. The zero-order valence-electron chi connectivity index (χ0n) is 12.6. The Kier molecular flexibility index (Phi) is 3.99. The number of fused-ring (bicyclic) bond motifs is 1. The van der Waals surface area contributed by atoms with Crippen LogP contribution < -0.4 is 5.56 Å². The van der Waals surface area contributed by atoms with E-state index in [2.05, 4.69) is 4.98 Å². The maximum atomic E-state index is 12.3. The van der Waals surface area contributed by atoms with Crippen LogP contribution in [0.5, 0.6) is 0 Å². The summed E-state index contributed by atoms with van der Waals surface area (Å²) in [6.45, 7) is 2.59. The first-order valence-electron chi connectivity index (χ1n) is 6.69. The fraction of sp³-hybridized carbons (Fsp3) is 0.333. The second-order valence-corrected chi connectivity index (χ2v) is 5.51. The van der Waals surface area contributed by atoms with Gasteiger partial charge in [-0.15, -0.1) is 0 Å². The lowest BCUT2D eigenvalue weighted by Gasteiger charge is -2.31. The summed E-state index contributed by atoms with van der Waals surface area (Å²) < 4.78 is 1.18. The van der Waals surface area contributed by atoms with E-state index in [1.165, 1.54) is 31.8 Å². The lowest BCUT2D eigenvalue weighted by atomic mass is 10.0. The van der Waals surface area contributed by atoms with Gasteiger partial charge in [-0.05, 0) is 26.0 Å². The van der Waals surface area contributed by atoms with Crippen LogP contribution in [0.2, 0.25) is 0 Å². The van der Waals surface area contributed by atoms with Crippen molar-refractivity contribution < 1.29 is 14.7 Å². The standard InChI is InChI=1S/C15H17N3O4/c1-15(2,14(21)22)17(3)12(19)8-18-9-16-11-7-5-4-6-10(11)13(18)20/h4-7,9H,8H2,1-3H3,(H,21,22). The zero-order valence-corrected chi connectivity index (χ0v) is 12.6. The first kappa shape index (κ1) is 15.7. The zero-order chi connectivity index (χ0) is 16.5. The molecule has 0 atom stereocenters. The Balaban J connectivity index is 2.32. The van der Waals surface area contributed by atoms with Crippen molar-refractivity contribution in [2.24, 2.45) is 0 Å². The largest absolute Gasteiger partial charge is 0.480 e. The summed E-state index contributed by atoms with van der Waals surface area (Å²) in [5, 5.41) is 9.56. The fourth-order valence-electron chi connectivity index (χ4n) is 1.93. The van der Waals surface area contributed by atoms with Crippen LogP contribution in [0.4, 0.5) is 0 Å². The van der Waals surface area contributed by atoms with Crippen molar-refractivity contribution in [3.63, 3.8) is 0 Å². The lowest BCUT2D eigenvalue weighted by Crippen LogP contribution is -2.52. The van der Waals surface area contributed by atoms with E-state index in [9.17, 15) is 14.4 Å². The Morgan fingerprint density at radius 2 is 1.95 bits per heavy atom. The third-order valence-electron chi connectivity index (χ3n) is 3.77. The number of benzene rings is 1. The highest BCUT2D eigenvalue weighted by atomic mass is 16.4. The van der Waals surface area contributed by atoms with E-state index in [1.54, 1.807) is 24.3 Å². The number of carboxylic acid groups (broad SMARTS) is 1. The van der Waals surface area contributed by atoms with Crippen molar-refractivity contribution in [2.45, 2.75) is 25.9 Å². The molecular weight excluding hydrogens is 286 g/mol. The predicted molar refractivity (Wildman–Crippen MR) is 80.5 cm³/mol. The van der Waals surface area contributed by atoms with Gasteiger partial charge in [0.1, 0.15) is 12.1 Å². The molecule has 0 aliphatic rings. The van der Waals surface area contributed by atoms with Crippen LogP contribution in [0.25, 0.3) is 10.9 Å². The molecule has 116 valence electrons. The van der Waals surface area contributed by atoms with E-state index >= 15 is 0 Å². The summed E-state index contributed by atoms with van der Waals surface area (Å²) in [7, 11) is 1.40. The number of carbonyl (C=O) groups excluding carboxylic acids is 1. The minimum absolute atomic E-state index is 0.260. The number of rotatable bonds is 4. The summed E-state index contributed by atoms with van der Waals surface area (Å²) in [6, 6.07) is 6.84. The first-order valence-corrected chi connectivity index (χ1v) is 6.69. The molecule has 1 amide bonds. The van der Waals surface area contributed by atoms with Crippen LogP contribution in [0, 0.1) is 0 Å². The van der Waals surface area contributed by atoms with Gasteiger partial charge in [0.25, 0.3) is 5.56 Å². The van der Waals surface area contributed by atoms with Gasteiger partial charge in [0.05, 0.1) is 17.2 Å². The van der Waals surface area contributed by atoms with Crippen molar-refractivity contribution in [2.75, 3.05) is 7.05 Å². The van der Waals surface area contributed by atoms with E-state index < -0.39 is 17.4 Å². The van der Waals surface area contributed by atoms with E-state index in [0.29, 0.717) is 10.9 Å². The average molecular weight is 303 g/mol. The van der Waals surface area contributed by atoms with Crippen LogP contribution in [0.1, 0.15) is 13.8 Å². The van der Waals surface area contributed by atoms with Gasteiger partial charge in [-0.1, -0.05) is 12.1 Å². The Morgan fingerprint density at radius 1 is 1.32 bits per heavy atom.